The van der Waals surface area contributed by atoms with Crippen molar-refractivity contribution in [2.24, 2.45) is 4.99 Å². The summed E-state index contributed by atoms with van der Waals surface area (Å²) in [5, 5.41) is 8.94. The van der Waals surface area contributed by atoms with Gasteiger partial charge in [0.25, 0.3) is 5.91 Å². The van der Waals surface area contributed by atoms with Crippen LogP contribution in [-0.2, 0) is 4.79 Å². The number of aryl methyl sites for hydroxylation is 2. The summed E-state index contributed by atoms with van der Waals surface area (Å²) in [6, 6.07) is 12.8. The normalized spacial score (nSPS) is 17.2. The van der Waals surface area contributed by atoms with E-state index in [1.165, 1.54) is 11.1 Å². The first-order chi connectivity index (χ1) is 12.1. The minimum Gasteiger partial charge on any atom is -0.394 e. The minimum absolute atomic E-state index is 0.0847. The summed E-state index contributed by atoms with van der Waals surface area (Å²) in [4.78, 5) is 31.6. The van der Waals surface area contributed by atoms with Gasteiger partial charge in [0.2, 0.25) is 5.91 Å². The lowest BCUT2D eigenvalue weighted by Crippen LogP contribution is -2.46. The number of benzene rings is 2. The van der Waals surface area contributed by atoms with Crippen LogP contribution in [0, 0.1) is 13.8 Å². The summed E-state index contributed by atoms with van der Waals surface area (Å²) < 4.78 is 0. The topological polar surface area (TPSA) is 70.0 Å². The number of nitrogens with zero attached hydrogens (tertiary/aromatic N) is 2. The van der Waals surface area contributed by atoms with Crippen molar-refractivity contribution in [2.75, 3.05) is 18.1 Å². The number of imide groups is 1. The van der Waals surface area contributed by atoms with E-state index in [1.54, 1.807) is 24.3 Å². The van der Waals surface area contributed by atoms with E-state index in [9.17, 15) is 9.59 Å². The van der Waals surface area contributed by atoms with Crippen molar-refractivity contribution in [1.82, 2.24) is 0 Å². The van der Waals surface area contributed by atoms with Gasteiger partial charge in [-0.15, -0.1) is 0 Å². The zero-order valence-electron chi connectivity index (χ0n) is 14.3. The van der Waals surface area contributed by atoms with Crippen molar-refractivity contribution in [3.8, 4) is 0 Å². The summed E-state index contributed by atoms with van der Waals surface area (Å²) in [6.45, 7) is 3.92. The van der Waals surface area contributed by atoms with E-state index in [0.717, 1.165) is 11.1 Å². The van der Waals surface area contributed by atoms with Gasteiger partial charge in [0.15, 0.2) is 0 Å². The second-order valence-electron chi connectivity index (χ2n) is 6.06. The average Bonchev–Trinajstić information content (AvgIpc) is 2.60. The van der Waals surface area contributed by atoms with E-state index in [-0.39, 0.29) is 25.0 Å². The van der Waals surface area contributed by atoms with Crippen LogP contribution in [0.4, 0.5) is 5.69 Å². The second-order valence-corrected chi connectivity index (χ2v) is 6.06. The highest BCUT2D eigenvalue weighted by Gasteiger charge is 2.39. The van der Waals surface area contributed by atoms with Gasteiger partial charge in [0.1, 0.15) is 0 Å². The molecular weight excluding hydrogens is 316 g/mol. The molecule has 1 aliphatic rings. The van der Waals surface area contributed by atoms with Gasteiger partial charge >= 0.3 is 0 Å². The van der Waals surface area contributed by atoms with Gasteiger partial charge in [0.05, 0.1) is 24.8 Å². The molecule has 0 unspecified atom stereocenters. The fourth-order valence-corrected chi connectivity index (χ4v) is 3.21. The van der Waals surface area contributed by atoms with Gasteiger partial charge < -0.3 is 5.11 Å². The highest BCUT2D eigenvalue weighted by Crippen LogP contribution is 2.34. The lowest BCUT2D eigenvalue weighted by atomic mass is 9.88. The molecule has 0 aromatic heterocycles. The Balaban J connectivity index is 2.16. The van der Waals surface area contributed by atoms with Crippen molar-refractivity contribution in [3.05, 3.63) is 64.7 Å². The van der Waals surface area contributed by atoms with Crippen LogP contribution in [-0.4, -0.2) is 36.3 Å². The molecule has 2 aromatic rings. The molecule has 5 nitrogen and oxygen atoms in total. The molecular formula is C20H20N2O3. The smallest absolute Gasteiger partial charge is 0.265 e. The third-order valence-corrected chi connectivity index (χ3v) is 4.36. The monoisotopic (exact) mass is 336 g/mol. The summed E-state index contributed by atoms with van der Waals surface area (Å²) in [7, 11) is 0. The minimum atomic E-state index is -0.639. The van der Waals surface area contributed by atoms with Crippen molar-refractivity contribution >= 4 is 23.7 Å². The average molecular weight is 336 g/mol. The SMILES string of the molecule is Cc1cccc(C)c1N1C(=O)c2ccccc2[C@H](C=NCCO)C1=O. The van der Waals surface area contributed by atoms with Crippen LogP contribution in [0.5, 0.6) is 0 Å². The zero-order valence-corrected chi connectivity index (χ0v) is 14.3. The molecule has 0 aliphatic carbocycles. The van der Waals surface area contributed by atoms with Gasteiger partial charge in [-0.3, -0.25) is 14.6 Å². The molecule has 1 atom stereocenters. The van der Waals surface area contributed by atoms with E-state index in [1.807, 2.05) is 32.0 Å². The predicted molar refractivity (Wildman–Crippen MR) is 97.4 cm³/mol. The van der Waals surface area contributed by atoms with Gasteiger partial charge in [-0.05, 0) is 36.6 Å². The molecule has 0 saturated carbocycles. The van der Waals surface area contributed by atoms with Crippen LogP contribution in [0.3, 0.4) is 0 Å². The Kier molecular flexibility index (Phi) is 4.76. The third-order valence-electron chi connectivity index (χ3n) is 4.36. The Morgan fingerprint density at radius 1 is 1.08 bits per heavy atom. The lowest BCUT2D eigenvalue weighted by Gasteiger charge is -2.32. The number of para-hydroxylation sites is 1. The van der Waals surface area contributed by atoms with Crippen LogP contribution in [0.15, 0.2) is 47.5 Å². The number of carbonyl (C=O) groups excluding carboxylic acids is 2. The fraction of sp³-hybridized carbons (Fsp3) is 0.250. The Bertz CT molecular complexity index is 838. The fourth-order valence-electron chi connectivity index (χ4n) is 3.21. The van der Waals surface area contributed by atoms with Gasteiger partial charge in [0, 0.05) is 11.8 Å². The molecule has 0 fully saturated rings. The number of fused-ring (bicyclic) bond motifs is 1. The lowest BCUT2D eigenvalue weighted by molar-refractivity contribution is -0.118. The van der Waals surface area contributed by atoms with Crippen LogP contribution < -0.4 is 4.90 Å². The van der Waals surface area contributed by atoms with Crippen LogP contribution in [0.1, 0.15) is 33.0 Å². The number of aliphatic hydroxyl groups excluding tert-OH is 1. The number of hydrogen-bond acceptors (Lipinski definition) is 4. The van der Waals surface area contributed by atoms with E-state index in [0.29, 0.717) is 16.8 Å². The number of rotatable bonds is 4. The Hall–Kier alpha value is -2.79. The van der Waals surface area contributed by atoms with E-state index < -0.39 is 5.92 Å². The molecule has 0 bridgehead atoms. The quantitative estimate of drug-likeness (QED) is 0.689. The number of aliphatic hydroxyl groups is 1. The highest BCUT2D eigenvalue weighted by molar-refractivity contribution is 6.29. The number of anilines is 1. The largest absolute Gasteiger partial charge is 0.394 e. The molecule has 1 heterocycles. The predicted octanol–water partition coefficient (Wildman–Crippen LogP) is 2.64. The molecule has 0 saturated heterocycles. The van der Waals surface area contributed by atoms with Crippen molar-refractivity contribution in [1.29, 1.82) is 0 Å². The molecule has 1 aliphatic heterocycles. The van der Waals surface area contributed by atoms with Gasteiger partial charge in [-0.25, -0.2) is 4.90 Å². The van der Waals surface area contributed by atoms with E-state index >= 15 is 0 Å². The number of carbonyl (C=O) groups is 2. The van der Waals surface area contributed by atoms with E-state index in [2.05, 4.69) is 4.99 Å². The first-order valence-corrected chi connectivity index (χ1v) is 8.20. The van der Waals surface area contributed by atoms with Crippen LogP contribution >= 0.6 is 0 Å². The standard InChI is InChI=1S/C20H20N2O3/c1-13-6-5-7-14(2)18(13)22-19(24)16-9-4-3-8-15(16)17(20(22)25)12-21-10-11-23/h3-9,12,17,23H,10-11H2,1-2H3/t17-/m0/s1. The van der Waals surface area contributed by atoms with Crippen molar-refractivity contribution in [3.63, 3.8) is 0 Å². The molecule has 2 aromatic carbocycles. The number of hydrogen-bond donors (Lipinski definition) is 1. The summed E-state index contributed by atoms with van der Waals surface area (Å²) in [5.41, 5.74) is 3.53. The molecule has 1 N–H and O–H groups in total. The number of amides is 2. The molecule has 5 heteroatoms. The molecule has 0 spiro atoms. The number of aliphatic imine (C=N–C) groups is 1. The summed E-state index contributed by atoms with van der Waals surface area (Å²) >= 11 is 0. The van der Waals surface area contributed by atoms with E-state index in [4.69, 9.17) is 5.11 Å². The maximum absolute atomic E-state index is 13.1. The third kappa shape index (κ3) is 2.98. The Morgan fingerprint density at radius 2 is 1.76 bits per heavy atom. The summed E-state index contributed by atoms with van der Waals surface area (Å²) in [6.07, 6.45) is 1.53. The maximum Gasteiger partial charge on any atom is 0.265 e. The highest BCUT2D eigenvalue weighted by atomic mass is 16.3. The molecule has 128 valence electrons. The van der Waals surface area contributed by atoms with Crippen LogP contribution in [0.2, 0.25) is 0 Å². The first-order valence-electron chi connectivity index (χ1n) is 8.20. The second kappa shape index (κ2) is 6.99. The molecule has 3 rings (SSSR count). The van der Waals surface area contributed by atoms with Crippen molar-refractivity contribution in [2.45, 2.75) is 19.8 Å². The molecule has 2 amide bonds. The molecule has 0 radical (unpaired) electrons. The Morgan fingerprint density at radius 3 is 2.44 bits per heavy atom. The van der Waals surface area contributed by atoms with Gasteiger partial charge in [-0.1, -0.05) is 36.4 Å². The molecule has 25 heavy (non-hydrogen) atoms. The zero-order chi connectivity index (χ0) is 18.0. The maximum atomic E-state index is 13.1. The Labute approximate surface area is 146 Å². The van der Waals surface area contributed by atoms with Crippen LogP contribution in [0.25, 0.3) is 0 Å². The van der Waals surface area contributed by atoms with Crippen molar-refractivity contribution < 1.29 is 14.7 Å². The van der Waals surface area contributed by atoms with Gasteiger partial charge in [-0.2, -0.15) is 0 Å². The first kappa shape index (κ1) is 17.0. The summed E-state index contributed by atoms with van der Waals surface area (Å²) in [5.74, 6) is -1.27.